The Bertz CT molecular complexity index is 526. The van der Waals surface area contributed by atoms with E-state index < -0.39 is 0 Å². The van der Waals surface area contributed by atoms with E-state index in [-0.39, 0.29) is 0 Å². The lowest BCUT2D eigenvalue weighted by atomic mass is 10.0. The van der Waals surface area contributed by atoms with Gasteiger partial charge in [-0.2, -0.15) is 5.10 Å². The second-order valence-electron chi connectivity index (χ2n) is 4.49. The third-order valence-electron chi connectivity index (χ3n) is 2.60. The highest BCUT2D eigenvalue weighted by Crippen LogP contribution is 2.15. The second kappa shape index (κ2) is 5.78. The van der Waals surface area contributed by atoms with E-state index in [0.29, 0.717) is 5.92 Å². The summed E-state index contributed by atoms with van der Waals surface area (Å²) >= 11 is 1.56. The monoisotopic (exact) mass is 259 g/mol. The number of benzene rings is 1. The Morgan fingerprint density at radius 2 is 2.00 bits per heavy atom. The zero-order valence-electron chi connectivity index (χ0n) is 10.8. The van der Waals surface area contributed by atoms with E-state index in [1.165, 1.54) is 5.56 Å². The van der Waals surface area contributed by atoms with E-state index in [0.717, 1.165) is 16.4 Å². The maximum absolute atomic E-state index is 4.27. The number of nitrogens with zero attached hydrogens (tertiary/aromatic N) is 2. The predicted molar refractivity (Wildman–Crippen MR) is 78.6 cm³/mol. The molecule has 0 aliphatic carbocycles. The van der Waals surface area contributed by atoms with Crippen LogP contribution in [-0.4, -0.2) is 11.2 Å². The van der Waals surface area contributed by atoms with Crippen molar-refractivity contribution in [3.63, 3.8) is 0 Å². The van der Waals surface area contributed by atoms with Crippen LogP contribution in [-0.2, 0) is 0 Å². The Morgan fingerprint density at radius 3 is 2.56 bits per heavy atom. The number of hydrazone groups is 1. The van der Waals surface area contributed by atoms with Gasteiger partial charge in [-0.3, -0.25) is 5.43 Å². The van der Waals surface area contributed by atoms with Crippen LogP contribution in [0.3, 0.4) is 0 Å². The van der Waals surface area contributed by atoms with Crippen LogP contribution in [0, 0.1) is 6.92 Å². The molecule has 0 saturated heterocycles. The average Bonchev–Trinajstić information content (AvgIpc) is 2.76. The molecule has 0 radical (unpaired) electrons. The maximum atomic E-state index is 4.27. The summed E-state index contributed by atoms with van der Waals surface area (Å²) in [5.41, 5.74) is 6.37. The van der Waals surface area contributed by atoms with Crippen molar-refractivity contribution in [1.82, 2.24) is 4.98 Å². The molecular weight excluding hydrogens is 242 g/mol. The van der Waals surface area contributed by atoms with E-state index in [4.69, 9.17) is 0 Å². The fourth-order valence-electron chi connectivity index (χ4n) is 1.53. The Balaban J connectivity index is 1.96. The molecule has 1 aromatic heterocycles. The lowest BCUT2D eigenvalue weighted by Gasteiger charge is -2.04. The first kappa shape index (κ1) is 12.8. The Labute approximate surface area is 112 Å². The lowest BCUT2D eigenvalue weighted by molar-refractivity contribution is 0.866. The molecule has 1 aromatic carbocycles. The summed E-state index contributed by atoms with van der Waals surface area (Å²) in [6.45, 7) is 6.35. The Hall–Kier alpha value is -1.68. The van der Waals surface area contributed by atoms with Gasteiger partial charge in [0.1, 0.15) is 0 Å². The van der Waals surface area contributed by atoms with Crippen LogP contribution in [0.2, 0.25) is 0 Å². The van der Waals surface area contributed by atoms with Gasteiger partial charge < -0.3 is 0 Å². The molecule has 1 N–H and O–H groups in total. The van der Waals surface area contributed by atoms with Gasteiger partial charge in [-0.15, -0.1) is 11.3 Å². The molecule has 0 amide bonds. The minimum atomic E-state index is 0.562. The molecule has 0 saturated carbocycles. The molecule has 0 bridgehead atoms. The number of hydrogen-bond donors (Lipinski definition) is 1. The zero-order valence-corrected chi connectivity index (χ0v) is 11.7. The van der Waals surface area contributed by atoms with Crippen LogP contribution in [0.1, 0.15) is 36.6 Å². The number of rotatable bonds is 4. The average molecular weight is 259 g/mol. The molecule has 0 fully saturated rings. The minimum absolute atomic E-state index is 0.562. The smallest absolute Gasteiger partial charge is 0.203 e. The first-order valence-corrected chi connectivity index (χ1v) is 6.84. The summed E-state index contributed by atoms with van der Waals surface area (Å²) in [6, 6.07) is 8.43. The van der Waals surface area contributed by atoms with Crippen molar-refractivity contribution in [3.05, 3.63) is 46.5 Å². The molecule has 0 atom stereocenters. The fraction of sp³-hybridized carbons (Fsp3) is 0.286. The van der Waals surface area contributed by atoms with Crippen molar-refractivity contribution in [2.45, 2.75) is 26.7 Å². The molecule has 4 heteroatoms. The lowest BCUT2D eigenvalue weighted by Crippen LogP contribution is -1.91. The van der Waals surface area contributed by atoms with Gasteiger partial charge in [0.25, 0.3) is 0 Å². The van der Waals surface area contributed by atoms with E-state index in [2.05, 4.69) is 53.6 Å². The van der Waals surface area contributed by atoms with Crippen LogP contribution >= 0.6 is 11.3 Å². The molecule has 0 aliphatic heterocycles. The number of aryl methyl sites for hydroxylation is 1. The summed E-state index contributed by atoms with van der Waals surface area (Å²) in [6.07, 6.45) is 1.81. The SMILES string of the molecule is Cc1csc(N/N=C/c2ccc(C(C)C)cc2)n1. The highest BCUT2D eigenvalue weighted by Gasteiger charge is 1.98. The standard InChI is InChI=1S/C14H17N3S/c1-10(2)13-6-4-12(5-7-13)8-15-17-14-16-11(3)9-18-14/h4-10H,1-3H3,(H,16,17)/b15-8+. The molecular formula is C14H17N3S. The number of aromatic nitrogens is 1. The zero-order chi connectivity index (χ0) is 13.0. The molecule has 1 heterocycles. The van der Waals surface area contributed by atoms with Crippen LogP contribution in [0.4, 0.5) is 5.13 Å². The minimum Gasteiger partial charge on any atom is -0.253 e. The van der Waals surface area contributed by atoms with Crippen LogP contribution < -0.4 is 5.43 Å². The largest absolute Gasteiger partial charge is 0.253 e. The van der Waals surface area contributed by atoms with Crippen molar-refractivity contribution >= 4 is 22.7 Å². The van der Waals surface area contributed by atoms with Gasteiger partial charge in [-0.25, -0.2) is 4.98 Å². The van der Waals surface area contributed by atoms with Gasteiger partial charge in [-0.1, -0.05) is 38.1 Å². The maximum Gasteiger partial charge on any atom is 0.203 e. The van der Waals surface area contributed by atoms with Crippen LogP contribution in [0.25, 0.3) is 0 Å². The summed E-state index contributed by atoms with van der Waals surface area (Å²) in [5, 5.41) is 6.99. The van der Waals surface area contributed by atoms with E-state index >= 15 is 0 Å². The third kappa shape index (κ3) is 3.40. The van der Waals surface area contributed by atoms with Gasteiger partial charge in [0.15, 0.2) is 0 Å². The summed E-state index contributed by atoms with van der Waals surface area (Å²) in [7, 11) is 0. The second-order valence-corrected chi connectivity index (χ2v) is 5.34. The highest BCUT2D eigenvalue weighted by molar-refractivity contribution is 7.13. The molecule has 0 aliphatic rings. The number of nitrogens with one attached hydrogen (secondary N) is 1. The number of thiazole rings is 1. The molecule has 3 nitrogen and oxygen atoms in total. The van der Waals surface area contributed by atoms with E-state index in [1.54, 1.807) is 17.6 Å². The first-order chi connectivity index (χ1) is 8.65. The van der Waals surface area contributed by atoms with Crippen molar-refractivity contribution in [1.29, 1.82) is 0 Å². The van der Waals surface area contributed by atoms with Crippen molar-refractivity contribution in [3.8, 4) is 0 Å². The van der Waals surface area contributed by atoms with Crippen LogP contribution in [0.15, 0.2) is 34.7 Å². The Morgan fingerprint density at radius 1 is 1.28 bits per heavy atom. The van der Waals surface area contributed by atoms with Crippen LogP contribution in [0.5, 0.6) is 0 Å². The van der Waals surface area contributed by atoms with Crippen molar-refractivity contribution < 1.29 is 0 Å². The normalized spacial score (nSPS) is 11.3. The van der Waals surface area contributed by atoms with E-state index in [1.807, 2.05) is 12.3 Å². The summed E-state index contributed by atoms with van der Waals surface area (Å²) in [5.74, 6) is 0.562. The number of hydrogen-bond acceptors (Lipinski definition) is 4. The van der Waals surface area contributed by atoms with E-state index in [9.17, 15) is 0 Å². The molecule has 2 rings (SSSR count). The van der Waals surface area contributed by atoms with Crippen molar-refractivity contribution in [2.24, 2.45) is 5.10 Å². The quantitative estimate of drug-likeness (QED) is 0.665. The summed E-state index contributed by atoms with van der Waals surface area (Å²) < 4.78 is 0. The topological polar surface area (TPSA) is 37.3 Å². The van der Waals surface area contributed by atoms with Gasteiger partial charge >= 0.3 is 0 Å². The molecule has 0 spiro atoms. The molecule has 2 aromatic rings. The first-order valence-electron chi connectivity index (χ1n) is 5.96. The van der Waals surface area contributed by atoms with Gasteiger partial charge in [0, 0.05) is 5.38 Å². The fourth-order valence-corrected chi connectivity index (χ4v) is 2.17. The Kier molecular flexibility index (Phi) is 4.10. The van der Waals surface area contributed by atoms with Gasteiger partial charge in [0.2, 0.25) is 5.13 Å². The number of anilines is 1. The molecule has 94 valence electrons. The third-order valence-corrected chi connectivity index (χ3v) is 3.46. The van der Waals surface area contributed by atoms with Gasteiger partial charge in [0.05, 0.1) is 11.9 Å². The summed E-state index contributed by atoms with van der Waals surface area (Å²) in [4.78, 5) is 4.27. The molecule has 18 heavy (non-hydrogen) atoms. The van der Waals surface area contributed by atoms with Gasteiger partial charge in [-0.05, 0) is 24.0 Å². The highest BCUT2D eigenvalue weighted by atomic mass is 32.1. The molecule has 0 unspecified atom stereocenters. The van der Waals surface area contributed by atoms with Crippen molar-refractivity contribution in [2.75, 3.05) is 5.43 Å². The predicted octanol–water partition coefficient (Wildman–Crippen LogP) is 4.02.